The van der Waals surface area contributed by atoms with Crippen molar-refractivity contribution in [1.82, 2.24) is 5.32 Å². The summed E-state index contributed by atoms with van der Waals surface area (Å²) in [5.74, 6) is -1.08. The highest BCUT2D eigenvalue weighted by atomic mass is 19.1. The predicted molar refractivity (Wildman–Crippen MR) is 118 cm³/mol. The molecular formula is C26H28FNO4. The number of carbonyl (C=O) groups is 2. The van der Waals surface area contributed by atoms with E-state index < -0.39 is 18.1 Å². The summed E-state index contributed by atoms with van der Waals surface area (Å²) in [5.41, 5.74) is 4.30. The normalized spacial score (nSPS) is 25.7. The third-order valence-electron chi connectivity index (χ3n) is 7.74. The number of amides is 1. The fourth-order valence-corrected chi connectivity index (χ4v) is 6.49. The summed E-state index contributed by atoms with van der Waals surface area (Å²) in [6.45, 7) is -0.144. The summed E-state index contributed by atoms with van der Waals surface area (Å²) >= 11 is 0. The number of nitrogens with one attached hydrogen (secondary N) is 1. The number of ether oxygens (including phenoxy) is 1. The van der Waals surface area contributed by atoms with Gasteiger partial charge in [-0.2, -0.15) is 0 Å². The highest BCUT2D eigenvalue weighted by Gasteiger charge is 2.71. The Kier molecular flexibility index (Phi) is 5.19. The third kappa shape index (κ3) is 3.37. The molecule has 2 aromatic carbocycles. The molecule has 3 saturated carbocycles. The minimum absolute atomic E-state index is 0.0647. The highest BCUT2D eigenvalue weighted by molar-refractivity contribution is 5.82. The van der Waals surface area contributed by atoms with E-state index in [9.17, 15) is 19.1 Å². The van der Waals surface area contributed by atoms with Crippen LogP contribution in [0.5, 0.6) is 0 Å². The maximum Gasteiger partial charge on any atom is 0.407 e. The van der Waals surface area contributed by atoms with Crippen LogP contribution >= 0.6 is 0 Å². The molecule has 0 saturated heterocycles. The largest absolute Gasteiger partial charge is 0.480 e. The van der Waals surface area contributed by atoms with E-state index in [4.69, 9.17) is 4.74 Å². The summed E-state index contributed by atoms with van der Waals surface area (Å²) in [6, 6.07) is 15.2. The lowest BCUT2D eigenvalue weighted by atomic mass is 9.32. The molecular weight excluding hydrogens is 409 g/mol. The fraction of sp³-hybridized carbons (Fsp3) is 0.462. The topological polar surface area (TPSA) is 75.6 Å². The van der Waals surface area contributed by atoms with Crippen LogP contribution in [0.15, 0.2) is 48.5 Å². The number of halogens is 1. The van der Waals surface area contributed by atoms with Crippen molar-refractivity contribution in [3.05, 3.63) is 59.7 Å². The monoisotopic (exact) mass is 437 g/mol. The molecule has 3 fully saturated rings. The first-order valence-corrected chi connectivity index (χ1v) is 11.4. The van der Waals surface area contributed by atoms with Gasteiger partial charge in [0.25, 0.3) is 0 Å². The van der Waals surface area contributed by atoms with Gasteiger partial charge >= 0.3 is 12.1 Å². The molecule has 0 radical (unpaired) electrons. The first-order valence-electron chi connectivity index (χ1n) is 11.4. The Morgan fingerprint density at radius 2 is 1.62 bits per heavy atom. The van der Waals surface area contributed by atoms with Crippen molar-refractivity contribution in [3.63, 3.8) is 0 Å². The quantitative estimate of drug-likeness (QED) is 0.523. The number of hydrogen-bond acceptors (Lipinski definition) is 3. The molecule has 2 aromatic rings. The van der Waals surface area contributed by atoms with Crippen molar-refractivity contribution >= 4 is 12.1 Å². The number of alkyl halides is 1. The molecule has 6 rings (SSSR count). The number of carbonyl (C=O) groups excluding carboxylic acids is 1. The number of fused-ring (bicyclic) bond motifs is 3. The van der Waals surface area contributed by atoms with Gasteiger partial charge in [0.2, 0.25) is 0 Å². The van der Waals surface area contributed by atoms with E-state index in [1.54, 1.807) is 0 Å². The lowest BCUT2D eigenvalue weighted by molar-refractivity contribution is -0.228. The van der Waals surface area contributed by atoms with Crippen LogP contribution in [0.4, 0.5) is 9.18 Å². The second-order valence-electron chi connectivity index (χ2n) is 9.78. The summed E-state index contributed by atoms with van der Waals surface area (Å²) < 4.78 is 17.9. The summed E-state index contributed by atoms with van der Waals surface area (Å²) in [7, 11) is 0. The zero-order valence-electron chi connectivity index (χ0n) is 18.0. The number of aliphatic carboxylic acids is 1. The predicted octanol–water partition coefficient (Wildman–Crippen LogP) is 5.29. The smallest absolute Gasteiger partial charge is 0.407 e. The van der Waals surface area contributed by atoms with Crippen LogP contribution < -0.4 is 5.32 Å². The van der Waals surface area contributed by atoms with Crippen molar-refractivity contribution in [3.8, 4) is 11.1 Å². The number of benzene rings is 2. The van der Waals surface area contributed by atoms with Crippen molar-refractivity contribution < 1.29 is 23.8 Å². The summed E-state index contributed by atoms with van der Waals surface area (Å²) in [5, 5.41) is 12.4. The molecule has 5 nitrogen and oxygen atoms in total. The Labute approximate surface area is 187 Å². The van der Waals surface area contributed by atoms with Crippen LogP contribution in [0.3, 0.4) is 0 Å². The molecule has 4 aliphatic carbocycles. The Bertz CT molecular complexity index is 986. The van der Waals surface area contributed by atoms with E-state index in [0.29, 0.717) is 6.42 Å². The standard InChI is InChI=1S/C26H28FNO4/c27-12-6-5-11-25-14-26(15-25,16-25)22(23(29)30)28-24(31)32-13-21-19-9-3-1-7-17(19)18-8-2-4-10-20(18)21/h1-4,7-10,21-22H,5-6,11-16H2,(H,28,31)(H,29,30). The number of hydrogen-bond donors (Lipinski definition) is 2. The van der Waals surface area contributed by atoms with Gasteiger partial charge in [-0.3, -0.25) is 4.39 Å². The van der Waals surface area contributed by atoms with Crippen molar-refractivity contribution in [2.24, 2.45) is 10.8 Å². The minimum Gasteiger partial charge on any atom is -0.480 e. The fourth-order valence-electron chi connectivity index (χ4n) is 6.49. The molecule has 168 valence electrons. The van der Waals surface area contributed by atoms with E-state index in [-0.39, 0.29) is 30.0 Å². The summed E-state index contributed by atoms with van der Waals surface area (Å²) in [6.07, 6.45) is 4.01. The number of carboxylic acid groups (broad SMARTS) is 1. The van der Waals surface area contributed by atoms with Crippen LogP contribution in [-0.4, -0.2) is 36.5 Å². The zero-order valence-corrected chi connectivity index (χ0v) is 18.0. The second kappa shape index (κ2) is 7.91. The van der Waals surface area contributed by atoms with Gasteiger partial charge in [-0.1, -0.05) is 55.0 Å². The molecule has 6 heteroatoms. The SMILES string of the molecule is O=C(NC(C(=O)O)C12CC(CCCCF)(C1)C2)OCC1c2ccccc2-c2ccccc21. The highest BCUT2D eigenvalue weighted by Crippen LogP contribution is 2.76. The molecule has 0 aromatic heterocycles. The van der Waals surface area contributed by atoms with Gasteiger partial charge in [-0.15, -0.1) is 0 Å². The van der Waals surface area contributed by atoms with Crippen LogP contribution in [-0.2, 0) is 9.53 Å². The molecule has 1 atom stereocenters. The molecule has 1 amide bonds. The second-order valence-corrected chi connectivity index (χ2v) is 9.78. The van der Waals surface area contributed by atoms with Crippen LogP contribution in [0.1, 0.15) is 55.6 Å². The van der Waals surface area contributed by atoms with Gasteiger partial charge in [0, 0.05) is 11.3 Å². The van der Waals surface area contributed by atoms with Gasteiger partial charge in [-0.25, -0.2) is 9.59 Å². The Hall–Kier alpha value is -2.89. The first kappa shape index (κ1) is 21.0. The van der Waals surface area contributed by atoms with E-state index >= 15 is 0 Å². The molecule has 2 N–H and O–H groups in total. The zero-order chi connectivity index (χ0) is 22.3. The maximum absolute atomic E-state index is 12.6. The van der Waals surface area contributed by atoms with E-state index in [1.165, 1.54) is 0 Å². The molecule has 4 aliphatic rings. The minimum atomic E-state index is -1.02. The van der Waals surface area contributed by atoms with Gasteiger partial charge in [0.1, 0.15) is 12.6 Å². The molecule has 0 heterocycles. The van der Waals surface area contributed by atoms with Crippen LogP contribution in [0.2, 0.25) is 0 Å². The van der Waals surface area contributed by atoms with Crippen molar-refractivity contribution in [2.75, 3.05) is 13.3 Å². The molecule has 0 aliphatic heterocycles. The van der Waals surface area contributed by atoms with Gasteiger partial charge < -0.3 is 15.2 Å². The van der Waals surface area contributed by atoms with Crippen LogP contribution in [0, 0.1) is 10.8 Å². The number of alkyl carbamates (subject to hydrolysis) is 1. The number of rotatable bonds is 9. The van der Waals surface area contributed by atoms with E-state index in [1.807, 2.05) is 36.4 Å². The molecule has 1 unspecified atom stereocenters. The maximum atomic E-state index is 12.6. The summed E-state index contributed by atoms with van der Waals surface area (Å²) in [4.78, 5) is 24.5. The average molecular weight is 438 g/mol. The molecule has 0 spiro atoms. The first-order chi connectivity index (χ1) is 15.5. The van der Waals surface area contributed by atoms with Gasteiger partial charge in [0.15, 0.2) is 0 Å². The Balaban J connectivity index is 1.21. The third-order valence-corrected chi connectivity index (χ3v) is 7.74. The number of unbranched alkanes of at least 4 members (excludes halogenated alkanes) is 1. The van der Waals surface area contributed by atoms with Crippen molar-refractivity contribution in [2.45, 2.75) is 50.5 Å². The lowest BCUT2D eigenvalue weighted by Gasteiger charge is -2.72. The lowest BCUT2D eigenvalue weighted by Crippen LogP contribution is -2.71. The molecule has 32 heavy (non-hydrogen) atoms. The Morgan fingerprint density at radius 3 is 2.19 bits per heavy atom. The van der Waals surface area contributed by atoms with Crippen LogP contribution in [0.25, 0.3) is 11.1 Å². The van der Waals surface area contributed by atoms with Gasteiger partial charge in [0.05, 0.1) is 6.67 Å². The Morgan fingerprint density at radius 1 is 1.03 bits per heavy atom. The average Bonchev–Trinajstić information content (AvgIpc) is 3.05. The van der Waals surface area contributed by atoms with Gasteiger partial charge in [-0.05, 0) is 59.8 Å². The van der Waals surface area contributed by atoms with Crippen molar-refractivity contribution in [1.29, 1.82) is 0 Å². The van der Waals surface area contributed by atoms with E-state index in [2.05, 4.69) is 17.4 Å². The van der Waals surface area contributed by atoms with E-state index in [0.717, 1.165) is 54.4 Å². The molecule has 2 bridgehead atoms. The number of carboxylic acids is 1.